The smallest absolute Gasteiger partial charge is 0.349 e. The first-order valence-electron chi connectivity index (χ1n) is 9.05. The topological polar surface area (TPSA) is 103 Å². The van der Waals surface area contributed by atoms with E-state index >= 15 is 0 Å². The van der Waals surface area contributed by atoms with Gasteiger partial charge in [-0.2, -0.15) is 0 Å². The van der Waals surface area contributed by atoms with Crippen LogP contribution in [0.1, 0.15) is 39.6 Å². The second-order valence-corrected chi connectivity index (χ2v) is 9.17. The second kappa shape index (κ2) is 7.92. The summed E-state index contributed by atoms with van der Waals surface area (Å²) in [5.74, 6) is -0.763. The number of esters is 1. The third-order valence-electron chi connectivity index (χ3n) is 4.53. The van der Waals surface area contributed by atoms with Gasteiger partial charge in [-0.1, -0.05) is 18.2 Å². The van der Waals surface area contributed by atoms with Crippen LogP contribution in [-0.4, -0.2) is 28.4 Å². The quantitative estimate of drug-likeness (QED) is 0.502. The number of hydrogen-bond donors (Lipinski definition) is 1. The summed E-state index contributed by atoms with van der Waals surface area (Å²) < 4.78 is 23.3. The predicted octanol–water partition coefficient (Wildman–Crippen LogP) is 3.34. The van der Waals surface area contributed by atoms with Gasteiger partial charge in [-0.05, 0) is 37.5 Å². The molecule has 0 unspecified atom stereocenters. The van der Waals surface area contributed by atoms with E-state index in [9.17, 15) is 18.6 Å². The maximum absolute atomic E-state index is 12.8. The first-order valence-corrected chi connectivity index (χ1v) is 11.2. The molecule has 1 N–H and O–H groups in total. The molecular weight excluding hydrogens is 414 g/mol. The Morgan fingerprint density at radius 2 is 2.10 bits per heavy atom. The Bertz CT molecular complexity index is 1210. The Kier molecular flexibility index (Phi) is 5.33. The number of hydrogen-bond acceptors (Lipinski definition) is 7. The Morgan fingerprint density at radius 3 is 2.90 bits per heavy atom. The Balaban J connectivity index is 1.75. The van der Waals surface area contributed by atoms with E-state index in [1.807, 2.05) is 0 Å². The molecule has 1 aromatic carbocycles. The summed E-state index contributed by atoms with van der Waals surface area (Å²) in [7, 11) is -1.23. The first kappa shape index (κ1) is 19.5. The zero-order valence-electron chi connectivity index (χ0n) is 15.5. The molecule has 1 amide bonds. The van der Waals surface area contributed by atoms with E-state index in [1.54, 1.807) is 31.2 Å². The summed E-state index contributed by atoms with van der Waals surface area (Å²) >= 11 is 1.09. The summed E-state index contributed by atoms with van der Waals surface area (Å²) in [5, 5.41) is 3.48. The van der Waals surface area contributed by atoms with Gasteiger partial charge in [0, 0.05) is 11.1 Å². The fourth-order valence-electron chi connectivity index (χ4n) is 3.23. The zero-order valence-corrected chi connectivity index (χ0v) is 17.1. The lowest BCUT2D eigenvalue weighted by molar-refractivity contribution is 0.0526. The van der Waals surface area contributed by atoms with Crippen molar-refractivity contribution in [3.8, 4) is 0 Å². The second-order valence-electron chi connectivity index (χ2n) is 6.39. The number of rotatable bonds is 4. The highest BCUT2D eigenvalue weighted by molar-refractivity contribution is 7.87. The Hall–Kier alpha value is -2.78. The van der Waals surface area contributed by atoms with Gasteiger partial charge in [-0.3, -0.25) is 9.00 Å². The van der Waals surface area contributed by atoms with Crippen LogP contribution in [0.25, 0.3) is 11.0 Å². The van der Waals surface area contributed by atoms with Gasteiger partial charge in [-0.25, -0.2) is 9.59 Å². The third-order valence-corrected chi connectivity index (χ3v) is 7.60. The minimum absolute atomic E-state index is 0.175. The average Bonchev–Trinajstić information content (AvgIpc) is 3.07. The van der Waals surface area contributed by atoms with Crippen LogP contribution < -0.4 is 10.9 Å². The average molecular weight is 431 g/mol. The Morgan fingerprint density at radius 1 is 1.31 bits per heavy atom. The molecule has 7 nitrogen and oxygen atoms in total. The van der Waals surface area contributed by atoms with Crippen molar-refractivity contribution in [3.05, 3.63) is 57.4 Å². The van der Waals surface area contributed by atoms with Gasteiger partial charge < -0.3 is 14.5 Å². The number of carbonyl (C=O) groups is 2. The van der Waals surface area contributed by atoms with Crippen LogP contribution in [0.15, 0.2) is 43.8 Å². The molecule has 0 bridgehead atoms. The van der Waals surface area contributed by atoms with Crippen molar-refractivity contribution in [2.75, 3.05) is 17.7 Å². The molecule has 29 heavy (non-hydrogen) atoms. The van der Waals surface area contributed by atoms with E-state index in [2.05, 4.69) is 5.32 Å². The molecule has 0 fully saturated rings. The molecule has 0 radical (unpaired) electrons. The zero-order chi connectivity index (χ0) is 20.5. The lowest BCUT2D eigenvalue weighted by atomic mass is 10.1. The molecule has 150 valence electrons. The van der Waals surface area contributed by atoms with Gasteiger partial charge in [0.2, 0.25) is 0 Å². The van der Waals surface area contributed by atoms with Crippen LogP contribution in [0.4, 0.5) is 5.00 Å². The highest BCUT2D eigenvalue weighted by Crippen LogP contribution is 2.39. The molecule has 0 aliphatic carbocycles. The molecule has 1 atom stereocenters. The third kappa shape index (κ3) is 3.63. The normalized spacial score (nSPS) is 15.7. The number of thiophene rings is 1. The lowest BCUT2D eigenvalue weighted by Gasteiger charge is -2.12. The summed E-state index contributed by atoms with van der Waals surface area (Å²) in [6, 6.07) is 8.32. The number of fused-ring (bicyclic) bond motifs is 2. The molecule has 0 saturated heterocycles. The van der Waals surface area contributed by atoms with Crippen molar-refractivity contribution in [3.63, 3.8) is 0 Å². The van der Waals surface area contributed by atoms with Gasteiger partial charge in [0.1, 0.15) is 16.1 Å². The van der Waals surface area contributed by atoms with Crippen LogP contribution in [0.2, 0.25) is 0 Å². The Labute approximate surface area is 172 Å². The van der Waals surface area contributed by atoms with Crippen LogP contribution >= 0.6 is 11.3 Å². The summed E-state index contributed by atoms with van der Waals surface area (Å²) in [6.45, 7) is 1.86. The largest absolute Gasteiger partial charge is 0.462 e. The number of nitrogens with one attached hydrogen (secondary N) is 1. The highest BCUT2D eigenvalue weighted by Gasteiger charge is 2.31. The highest BCUT2D eigenvalue weighted by atomic mass is 32.2. The van der Waals surface area contributed by atoms with Gasteiger partial charge in [0.15, 0.2) is 0 Å². The minimum atomic E-state index is -1.23. The van der Waals surface area contributed by atoms with Crippen LogP contribution in [0, 0.1) is 0 Å². The fraction of sp³-hybridized carbons (Fsp3) is 0.250. The van der Waals surface area contributed by atoms with Gasteiger partial charge in [-0.15, -0.1) is 11.3 Å². The molecule has 1 aliphatic rings. The van der Waals surface area contributed by atoms with Crippen molar-refractivity contribution in [2.24, 2.45) is 0 Å². The number of carbonyl (C=O) groups excluding carboxylic acids is 2. The van der Waals surface area contributed by atoms with Gasteiger partial charge >= 0.3 is 11.6 Å². The fourth-order valence-corrected chi connectivity index (χ4v) is 6.13. The van der Waals surface area contributed by atoms with Crippen LogP contribution in [-0.2, 0) is 22.0 Å². The van der Waals surface area contributed by atoms with Crippen molar-refractivity contribution in [1.29, 1.82) is 0 Å². The van der Waals surface area contributed by atoms with Gasteiger partial charge in [0.25, 0.3) is 5.91 Å². The van der Waals surface area contributed by atoms with Gasteiger partial charge in [0.05, 0.1) is 27.2 Å². The van der Waals surface area contributed by atoms with Crippen molar-refractivity contribution in [1.82, 2.24) is 0 Å². The molecule has 1 aliphatic heterocycles. The van der Waals surface area contributed by atoms with E-state index in [4.69, 9.17) is 9.15 Å². The molecule has 2 aromatic heterocycles. The molecule has 0 saturated carbocycles. The number of ether oxygens (including phenoxy) is 1. The molecule has 0 spiro atoms. The summed E-state index contributed by atoms with van der Waals surface area (Å²) in [6.07, 6.45) is 1.27. The van der Waals surface area contributed by atoms with E-state index in [-0.39, 0.29) is 22.7 Å². The van der Waals surface area contributed by atoms with Crippen molar-refractivity contribution < 1.29 is 23.0 Å². The van der Waals surface area contributed by atoms with Crippen LogP contribution in [0.5, 0.6) is 0 Å². The van der Waals surface area contributed by atoms with Crippen molar-refractivity contribution in [2.45, 2.75) is 24.0 Å². The molecule has 9 heteroatoms. The van der Waals surface area contributed by atoms with E-state index < -0.39 is 28.3 Å². The molecule has 4 rings (SSSR count). The first-order chi connectivity index (χ1) is 14.0. The lowest BCUT2D eigenvalue weighted by Crippen LogP contribution is -2.21. The van der Waals surface area contributed by atoms with E-state index in [0.29, 0.717) is 39.3 Å². The number of anilines is 1. The number of amides is 1. The monoisotopic (exact) mass is 431 g/mol. The maximum atomic E-state index is 12.8. The summed E-state index contributed by atoms with van der Waals surface area (Å²) in [4.78, 5) is 37.6. The SMILES string of the molecule is CCOC(=O)c1c(NC(=O)c2cc3ccccc3oc2=O)sc2c1CCC[S@]2=O. The molecule has 3 heterocycles. The molecule has 3 aromatic rings. The number of para-hydroxylation sites is 1. The maximum Gasteiger partial charge on any atom is 0.349 e. The van der Waals surface area contributed by atoms with Crippen molar-refractivity contribution >= 4 is 50.0 Å². The minimum Gasteiger partial charge on any atom is -0.462 e. The van der Waals surface area contributed by atoms with Crippen LogP contribution in [0.3, 0.4) is 0 Å². The number of benzene rings is 1. The predicted molar refractivity (Wildman–Crippen MR) is 110 cm³/mol. The molecular formula is C20H17NO6S2. The van der Waals surface area contributed by atoms with E-state index in [1.165, 1.54) is 6.07 Å². The standard InChI is InChI=1S/C20H17NO6S2/c1-2-26-19(24)15-12-7-5-9-29(25)20(12)28-17(15)21-16(22)13-10-11-6-3-4-8-14(11)27-18(13)23/h3-4,6,8,10H,2,5,7,9H2,1H3,(H,21,22)/t29-/m1/s1. The van der Waals surface area contributed by atoms with E-state index in [0.717, 1.165) is 11.3 Å². The summed E-state index contributed by atoms with van der Waals surface area (Å²) in [5.41, 5.74) is 0.301.